The van der Waals surface area contributed by atoms with Crippen LogP contribution in [-0.2, 0) is 10.0 Å². The zero-order valence-electron chi connectivity index (χ0n) is 9.47. The van der Waals surface area contributed by atoms with E-state index in [0.717, 1.165) is 6.20 Å². The van der Waals surface area contributed by atoms with Crippen molar-refractivity contribution >= 4 is 33.0 Å². The number of nitrogen functional groups attached to an aromatic ring is 1. The van der Waals surface area contributed by atoms with Crippen LogP contribution in [0.2, 0.25) is 5.02 Å². The molecule has 2 aromatic rings. The van der Waals surface area contributed by atoms with Crippen LogP contribution in [0.3, 0.4) is 0 Å². The Morgan fingerprint density at radius 1 is 1.32 bits per heavy atom. The van der Waals surface area contributed by atoms with E-state index in [1.165, 1.54) is 30.5 Å². The molecule has 0 atom stereocenters. The third-order valence-corrected chi connectivity index (χ3v) is 4.11. The molecule has 0 saturated heterocycles. The molecule has 0 aliphatic carbocycles. The predicted octanol–water partition coefficient (Wildman–Crippen LogP) is 2.26. The number of hydrogen-bond acceptors (Lipinski definition) is 4. The lowest BCUT2D eigenvalue weighted by Gasteiger charge is -2.10. The first-order valence-electron chi connectivity index (χ1n) is 5.07. The highest BCUT2D eigenvalue weighted by Gasteiger charge is 2.19. The highest BCUT2D eigenvalue weighted by molar-refractivity contribution is 7.92. The molecular weight excluding hydrogens is 293 g/mol. The molecule has 2 rings (SSSR count). The van der Waals surface area contributed by atoms with Crippen molar-refractivity contribution in [2.24, 2.45) is 0 Å². The summed E-state index contributed by atoms with van der Waals surface area (Å²) >= 11 is 5.81. The maximum absolute atomic E-state index is 13.4. The summed E-state index contributed by atoms with van der Waals surface area (Å²) in [5.74, 6) is -0.786. The first-order valence-corrected chi connectivity index (χ1v) is 6.93. The van der Waals surface area contributed by atoms with E-state index in [9.17, 15) is 12.8 Å². The molecule has 0 radical (unpaired) electrons. The molecule has 0 saturated carbocycles. The summed E-state index contributed by atoms with van der Waals surface area (Å²) in [6.07, 6.45) is 2.17. The number of rotatable bonds is 3. The smallest absolute Gasteiger partial charge is 0.263 e. The van der Waals surface area contributed by atoms with Gasteiger partial charge in [0, 0.05) is 11.9 Å². The summed E-state index contributed by atoms with van der Waals surface area (Å²) < 4.78 is 39.6. The van der Waals surface area contributed by atoms with E-state index in [-0.39, 0.29) is 21.3 Å². The van der Waals surface area contributed by atoms with E-state index >= 15 is 0 Å². The van der Waals surface area contributed by atoms with Crippen LogP contribution in [0.15, 0.2) is 41.6 Å². The van der Waals surface area contributed by atoms with Crippen molar-refractivity contribution in [1.82, 2.24) is 4.98 Å². The number of nitrogens with zero attached hydrogens (tertiary/aromatic N) is 1. The van der Waals surface area contributed by atoms with Crippen molar-refractivity contribution in [2.45, 2.75) is 4.90 Å². The zero-order chi connectivity index (χ0) is 14.0. The van der Waals surface area contributed by atoms with E-state index in [1.807, 2.05) is 0 Å². The topological polar surface area (TPSA) is 85.1 Å². The van der Waals surface area contributed by atoms with Crippen LogP contribution in [0.25, 0.3) is 0 Å². The van der Waals surface area contributed by atoms with Crippen molar-refractivity contribution < 1.29 is 12.8 Å². The van der Waals surface area contributed by atoms with E-state index in [4.69, 9.17) is 17.3 Å². The lowest BCUT2D eigenvalue weighted by atomic mass is 10.3. The van der Waals surface area contributed by atoms with Crippen LogP contribution >= 0.6 is 11.6 Å². The molecule has 5 nitrogen and oxygen atoms in total. The molecule has 19 heavy (non-hydrogen) atoms. The Balaban J connectivity index is 2.44. The zero-order valence-corrected chi connectivity index (χ0v) is 11.0. The maximum atomic E-state index is 13.4. The van der Waals surface area contributed by atoms with Gasteiger partial charge in [-0.25, -0.2) is 12.8 Å². The van der Waals surface area contributed by atoms with E-state index in [0.29, 0.717) is 0 Å². The SMILES string of the molecule is Nc1ccc(Cl)c(S(=O)(=O)Nc2ccncc2F)c1. The Bertz CT molecular complexity index is 722. The molecule has 1 aromatic heterocycles. The van der Waals surface area contributed by atoms with Crippen molar-refractivity contribution in [2.75, 3.05) is 10.5 Å². The highest BCUT2D eigenvalue weighted by Crippen LogP contribution is 2.26. The summed E-state index contributed by atoms with van der Waals surface area (Å²) in [5, 5.41) is -0.00355. The molecule has 0 amide bonds. The van der Waals surface area contributed by atoms with Gasteiger partial charge in [-0.05, 0) is 24.3 Å². The normalized spacial score (nSPS) is 11.3. The molecule has 3 N–H and O–H groups in total. The molecule has 0 unspecified atom stereocenters. The van der Waals surface area contributed by atoms with Gasteiger partial charge in [0.1, 0.15) is 4.90 Å². The average molecular weight is 302 g/mol. The summed E-state index contributed by atoms with van der Waals surface area (Å²) in [6, 6.07) is 5.22. The third-order valence-electron chi connectivity index (χ3n) is 2.26. The van der Waals surface area contributed by atoms with E-state index < -0.39 is 15.8 Å². The third kappa shape index (κ3) is 2.94. The van der Waals surface area contributed by atoms with Gasteiger partial charge in [0.25, 0.3) is 10.0 Å². The van der Waals surface area contributed by atoms with Gasteiger partial charge in [0.15, 0.2) is 5.82 Å². The first-order chi connectivity index (χ1) is 8.90. The molecular formula is C11H9ClFN3O2S. The first kappa shape index (κ1) is 13.6. The second kappa shape index (κ2) is 5.02. The number of hydrogen-bond donors (Lipinski definition) is 2. The minimum absolute atomic E-state index is 0.00355. The lowest BCUT2D eigenvalue weighted by Crippen LogP contribution is -2.14. The monoisotopic (exact) mass is 301 g/mol. The predicted molar refractivity (Wildman–Crippen MR) is 70.9 cm³/mol. The fraction of sp³-hybridized carbons (Fsp3) is 0. The number of aromatic nitrogens is 1. The van der Waals surface area contributed by atoms with E-state index in [2.05, 4.69) is 9.71 Å². The number of anilines is 2. The summed E-state index contributed by atoms with van der Waals surface area (Å²) in [4.78, 5) is 3.31. The summed E-state index contributed by atoms with van der Waals surface area (Å²) in [6.45, 7) is 0. The van der Waals surface area contributed by atoms with Crippen LogP contribution in [0, 0.1) is 5.82 Å². The summed E-state index contributed by atoms with van der Waals surface area (Å²) in [7, 11) is -4.02. The van der Waals surface area contributed by atoms with Gasteiger partial charge < -0.3 is 5.73 Å². The van der Waals surface area contributed by atoms with Crippen molar-refractivity contribution in [3.63, 3.8) is 0 Å². The van der Waals surface area contributed by atoms with Gasteiger partial charge in [-0.1, -0.05) is 11.6 Å². The van der Waals surface area contributed by atoms with Gasteiger partial charge in [-0.2, -0.15) is 0 Å². The van der Waals surface area contributed by atoms with Crippen LogP contribution in [0.5, 0.6) is 0 Å². The summed E-state index contributed by atoms with van der Waals surface area (Å²) in [5.41, 5.74) is 5.53. The second-order valence-electron chi connectivity index (χ2n) is 3.65. The van der Waals surface area contributed by atoms with Crippen molar-refractivity contribution in [3.8, 4) is 0 Å². The fourth-order valence-electron chi connectivity index (χ4n) is 1.38. The lowest BCUT2D eigenvalue weighted by molar-refractivity contribution is 0.598. The van der Waals surface area contributed by atoms with E-state index in [1.54, 1.807) is 0 Å². The van der Waals surface area contributed by atoms with Crippen LogP contribution in [0.4, 0.5) is 15.8 Å². The molecule has 0 fully saturated rings. The minimum atomic E-state index is -4.02. The Hall–Kier alpha value is -1.86. The quantitative estimate of drug-likeness (QED) is 0.852. The van der Waals surface area contributed by atoms with Gasteiger partial charge >= 0.3 is 0 Å². The molecule has 100 valence electrons. The molecule has 0 spiro atoms. The molecule has 0 aliphatic heterocycles. The highest BCUT2D eigenvalue weighted by atomic mass is 35.5. The van der Waals surface area contributed by atoms with Crippen LogP contribution < -0.4 is 10.5 Å². The number of sulfonamides is 1. The number of nitrogens with one attached hydrogen (secondary N) is 1. The molecule has 8 heteroatoms. The van der Waals surface area contributed by atoms with Gasteiger partial charge in [-0.3, -0.25) is 9.71 Å². The second-order valence-corrected chi connectivity index (χ2v) is 5.71. The molecule has 1 heterocycles. The number of nitrogens with two attached hydrogens (primary N) is 1. The van der Waals surface area contributed by atoms with Gasteiger partial charge in [-0.15, -0.1) is 0 Å². The average Bonchev–Trinajstić information content (AvgIpc) is 2.35. The Morgan fingerprint density at radius 2 is 2.05 bits per heavy atom. The van der Waals surface area contributed by atoms with Gasteiger partial charge in [0.05, 0.1) is 16.9 Å². The molecule has 0 aliphatic rings. The fourth-order valence-corrected chi connectivity index (χ4v) is 2.99. The maximum Gasteiger partial charge on any atom is 0.263 e. The number of benzene rings is 1. The van der Waals surface area contributed by atoms with Gasteiger partial charge in [0.2, 0.25) is 0 Å². The Kier molecular flexibility index (Phi) is 3.59. The van der Waals surface area contributed by atoms with Crippen LogP contribution in [-0.4, -0.2) is 13.4 Å². The number of pyridine rings is 1. The minimum Gasteiger partial charge on any atom is -0.399 e. The molecule has 0 bridgehead atoms. The van der Waals surface area contributed by atoms with Crippen molar-refractivity contribution in [3.05, 3.63) is 47.5 Å². The van der Waals surface area contributed by atoms with Crippen LogP contribution in [0.1, 0.15) is 0 Å². The Labute approximate surface area is 114 Å². The largest absolute Gasteiger partial charge is 0.399 e. The number of halogens is 2. The molecule has 1 aromatic carbocycles. The standard InChI is InChI=1S/C11H9ClFN3O2S/c12-8-2-1-7(14)5-11(8)19(17,18)16-10-3-4-15-6-9(10)13/h1-6H,14H2,(H,15,16). The Morgan fingerprint density at radius 3 is 2.74 bits per heavy atom. The van der Waals surface area contributed by atoms with Crippen molar-refractivity contribution in [1.29, 1.82) is 0 Å².